The summed E-state index contributed by atoms with van der Waals surface area (Å²) >= 11 is 0. The van der Waals surface area contributed by atoms with E-state index in [0.29, 0.717) is 19.4 Å². The van der Waals surface area contributed by atoms with E-state index < -0.39 is 11.7 Å². The highest BCUT2D eigenvalue weighted by molar-refractivity contribution is 5.96. The standard InChI is InChI=1S/C13H16FNO3/c1-15(7-8-4-10(16)5-8)13(18)11-6-9(14)2-3-12(11)17/h2-3,6,8,10,16-17H,4-5,7H2,1H3. The molecule has 0 atom stereocenters. The zero-order chi connectivity index (χ0) is 13.3. The van der Waals surface area contributed by atoms with Crippen LogP contribution in [0.3, 0.4) is 0 Å². The largest absolute Gasteiger partial charge is 0.507 e. The third kappa shape index (κ3) is 2.61. The average molecular weight is 253 g/mol. The van der Waals surface area contributed by atoms with E-state index in [4.69, 9.17) is 0 Å². The second kappa shape index (κ2) is 4.94. The molecule has 1 amide bonds. The van der Waals surface area contributed by atoms with Crippen LogP contribution in [-0.4, -0.2) is 40.7 Å². The summed E-state index contributed by atoms with van der Waals surface area (Å²) in [7, 11) is 1.61. The second-order valence-corrected chi connectivity index (χ2v) is 4.84. The van der Waals surface area contributed by atoms with Gasteiger partial charge < -0.3 is 15.1 Å². The number of hydrogen-bond donors (Lipinski definition) is 2. The van der Waals surface area contributed by atoms with Crippen molar-refractivity contribution in [2.45, 2.75) is 18.9 Å². The molecule has 18 heavy (non-hydrogen) atoms. The van der Waals surface area contributed by atoms with Crippen molar-refractivity contribution in [3.05, 3.63) is 29.6 Å². The fraction of sp³-hybridized carbons (Fsp3) is 0.462. The van der Waals surface area contributed by atoms with Gasteiger partial charge in [-0.25, -0.2) is 4.39 Å². The Balaban J connectivity index is 2.03. The summed E-state index contributed by atoms with van der Waals surface area (Å²) in [4.78, 5) is 13.5. The third-order valence-corrected chi connectivity index (χ3v) is 3.28. The molecule has 1 aromatic rings. The van der Waals surface area contributed by atoms with Crippen molar-refractivity contribution in [2.75, 3.05) is 13.6 Å². The van der Waals surface area contributed by atoms with Crippen molar-refractivity contribution in [3.63, 3.8) is 0 Å². The highest BCUT2D eigenvalue weighted by Crippen LogP contribution is 2.28. The van der Waals surface area contributed by atoms with E-state index in [9.17, 15) is 19.4 Å². The van der Waals surface area contributed by atoms with Crippen LogP contribution in [0, 0.1) is 11.7 Å². The van der Waals surface area contributed by atoms with Crippen molar-refractivity contribution >= 4 is 5.91 Å². The molecule has 1 saturated carbocycles. The van der Waals surface area contributed by atoms with Crippen molar-refractivity contribution < 1.29 is 19.4 Å². The number of rotatable bonds is 3. The van der Waals surface area contributed by atoms with Gasteiger partial charge in [0.25, 0.3) is 5.91 Å². The number of aliphatic hydroxyl groups excluding tert-OH is 1. The maximum absolute atomic E-state index is 13.0. The molecular weight excluding hydrogens is 237 g/mol. The lowest BCUT2D eigenvalue weighted by atomic mass is 9.82. The Hall–Kier alpha value is -1.62. The van der Waals surface area contributed by atoms with Crippen LogP contribution in [0.1, 0.15) is 23.2 Å². The lowest BCUT2D eigenvalue weighted by Crippen LogP contribution is -2.39. The van der Waals surface area contributed by atoms with Gasteiger partial charge in [-0.3, -0.25) is 4.79 Å². The average Bonchev–Trinajstić information content (AvgIpc) is 2.29. The molecule has 0 saturated heterocycles. The molecule has 0 radical (unpaired) electrons. The Morgan fingerprint density at radius 1 is 1.50 bits per heavy atom. The monoisotopic (exact) mass is 253 g/mol. The van der Waals surface area contributed by atoms with E-state index in [2.05, 4.69) is 0 Å². The van der Waals surface area contributed by atoms with Crippen LogP contribution in [0.15, 0.2) is 18.2 Å². The second-order valence-electron chi connectivity index (χ2n) is 4.84. The van der Waals surface area contributed by atoms with Gasteiger partial charge in [-0.1, -0.05) is 0 Å². The van der Waals surface area contributed by atoms with Crippen LogP contribution in [0.25, 0.3) is 0 Å². The molecule has 0 aromatic heterocycles. The number of aromatic hydroxyl groups is 1. The van der Waals surface area contributed by atoms with E-state index in [0.717, 1.165) is 12.1 Å². The minimum Gasteiger partial charge on any atom is -0.507 e. The molecule has 0 unspecified atom stereocenters. The lowest BCUT2D eigenvalue weighted by molar-refractivity contribution is 0.0264. The zero-order valence-corrected chi connectivity index (χ0v) is 10.1. The summed E-state index contributed by atoms with van der Waals surface area (Å²) in [5.74, 6) is -0.899. The first-order valence-corrected chi connectivity index (χ1v) is 5.89. The highest BCUT2D eigenvalue weighted by atomic mass is 19.1. The first kappa shape index (κ1) is 12.8. The lowest BCUT2D eigenvalue weighted by Gasteiger charge is -2.34. The number of carbonyl (C=O) groups excluding carboxylic acids is 1. The van der Waals surface area contributed by atoms with Gasteiger partial charge in [-0.05, 0) is 37.0 Å². The fourth-order valence-electron chi connectivity index (χ4n) is 2.20. The molecule has 1 aliphatic rings. The molecule has 0 heterocycles. The number of benzene rings is 1. The summed E-state index contributed by atoms with van der Waals surface area (Å²) < 4.78 is 13.0. The molecule has 98 valence electrons. The van der Waals surface area contributed by atoms with Crippen LogP contribution in [0.5, 0.6) is 5.75 Å². The van der Waals surface area contributed by atoms with Gasteiger partial charge >= 0.3 is 0 Å². The van der Waals surface area contributed by atoms with Crippen LogP contribution < -0.4 is 0 Å². The van der Waals surface area contributed by atoms with E-state index >= 15 is 0 Å². The SMILES string of the molecule is CN(CC1CC(O)C1)C(=O)c1cc(F)ccc1O. The molecule has 0 aliphatic heterocycles. The normalized spacial score (nSPS) is 22.4. The van der Waals surface area contributed by atoms with Crippen molar-refractivity contribution in [2.24, 2.45) is 5.92 Å². The Labute approximate surface area is 105 Å². The van der Waals surface area contributed by atoms with E-state index in [-0.39, 0.29) is 23.3 Å². The Bertz CT molecular complexity index is 458. The number of aliphatic hydroxyl groups is 1. The summed E-state index contributed by atoms with van der Waals surface area (Å²) in [6.07, 6.45) is 1.11. The zero-order valence-electron chi connectivity index (χ0n) is 10.1. The van der Waals surface area contributed by atoms with Gasteiger partial charge in [-0.15, -0.1) is 0 Å². The predicted molar refractivity (Wildman–Crippen MR) is 63.8 cm³/mol. The highest BCUT2D eigenvalue weighted by Gasteiger charge is 2.29. The number of halogens is 1. The van der Waals surface area contributed by atoms with Crippen LogP contribution in [-0.2, 0) is 0 Å². The van der Waals surface area contributed by atoms with Gasteiger partial charge in [0.15, 0.2) is 0 Å². The smallest absolute Gasteiger partial charge is 0.257 e. The van der Waals surface area contributed by atoms with E-state index in [1.165, 1.54) is 11.0 Å². The number of phenolic OH excluding ortho intramolecular Hbond substituents is 1. The number of amides is 1. The molecule has 1 fully saturated rings. The molecule has 4 nitrogen and oxygen atoms in total. The number of phenols is 1. The predicted octanol–water partition coefficient (Wildman–Crippen LogP) is 1.37. The minimum atomic E-state index is -0.552. The maximum Gasteiger partial charge on any atom is 0.257 e. The van der Waals surface area contributed by atoms with E-state index in [1.54, 1.807) is 7.05 Å². The van der Waals surface area contributed by atoms with Crippen molar-refractivity contribution in [3.8, 4) is 5.75 Å². The fourth-order valence-corrected chi connectivity index (χ4v) is 2.20. The van der Waals surface area contributed by atoms with Crippen LogP contribution in [0.2, 0.25) is 0 Å². The topological polar surface area (TPSA) is 60.8 Å². The number of nitrogens with zero attached hydrogens (tertiary/aromatic N) is 1. The maximum atomic E-state index is 13.0. The first-order valence-electron chi connectivity index (χ1n) is 5.89. The molecule has 2 N–H and O–H groups in total. The summed E-state index contributed by atoms with van der Waals surface area (Å²) in [5, 5.41) is 18.7. The minimum absolute atomic E-state index is 0.0302. The third-order valence-electron chi connectivity index (χ3n) is 3.28. The molecule has 0 bridgehead atoms. The summed E-state index contributed by atoms with van der Waals surface area (Å²) in [6, 6.07) is 3.31. The van der Waals surface area contributed by atoms with Crippen molar-refractivity contribution in [1.82, 2.24) is 4.90 Å². The first-order chi connectivity index (χ1) is 8.47. The molecule has 2 rings (SSSR count). The number of carbonyl (C=O) groups is 1. The summed E-state index contributed by atoms with van der Waals surface area (Å²) in [6.45, 7) is 0.506. The van der Waals surface area contributed by atoms with Crippen LogP contribution in [0.4, 0.5) is 4.39 Å². The van der Waals surface area contributed by atoms with Gasteiger partial charge in [0.2, 0.25) is 0 Å². The van der Waals surface area contributed by atoms with E-state index in [1.807, 2.05) is 0 Å². The quantitative estimate of drug-likeness (QED) is 0.855. The van der Waals surface area contributed by atoms with Gasteiger partial charge in [0.1, 0.15) is 11.6 Å². The van der Waals surface area contributed by atoms with Gasteiger partial charge in [-0.2, -0.15) is 0 Å². The Kier molecular flexibility index (Phi) is 3.52. The molecule has 0 spiro atoms. The molecule has 5 heteroatoms. The Morgan fingerprint density at radius 2 is 2.17 bits per heavy atom. The molecule has 1 aromatic carbocycles. The van der Waals surface area contributed by atoms with Gasteiger partial charge in [0.05, 0.1) is 11.7 Å². The van der Waals surface area contributed by atoms with Crippen molar-refractivity contribution in [1.29, 1.82) is 0 Å². The van der Waals surface area contributed by atoms with Gasteiger partial charge in [0, 0.05) is 13.6 Å². The number of hydrogen-bond acceptors (Lipinski definition) is 3. The molecular formula is C13H16FNO3. The Morgan fingerprint density at radius 3 is 2.78 bits per heavy atom. The summed E-state index contributed by atoms with van der Waals surface area (Å²) in [5.41, 5.74) is -0.0302. The molecule has 1 aliphatic carbocycles. The van der Waals surface area contributed by atoms with Crippen LogP contribution >= 0.6 is 0 Å².